The molecule has 4 rings (SSSR count). The normalized spacial score (nSPS) is 16.8. The largest absolute Gasteiger partial charge is 0.487 e. The minimum Gasteiger partial charge on any atom is -0.487 e. The number of benzene rings is 2. The number of hydrogen-bond acceptors (Lipinski definition) is 9. The van der Waals surface area contributed by atoms with E-state index in [0.717, 1.165) is 0 Å². The maximum absolute atomic E-state index is 12.8. The lowest BCUT2D eigenvalue weighted by Crippen LogP contribution is -2.16. The number of ketones is 1. The molecule has 1 aromatic heterocycles. The molecule has 0 amide bonds. The van der Waals surface area contributed by atoms with Crippen LogP contribution in [0.2, 0.25) is 0 Å². The Morgan fingerprint density at radius 2 is 1.14 bits per heavy atom. The molecule has 0 N–H and O–H groups in total. The smallest absolute Gasteiger partial charge is 0.347 e. The summed E-state index contributed by atoms with van der Waals surface area (Å²) in [5, 5.41) is 0.538. The topological polar surface area (TPSA) is 103 Å². The van der Waals surface area contributed by atoms with E-state index in [0.29, 0.717) is 75.3 Å². The molecule has 0 spiro atoms. The molecular formula is C26H28O9. The van der Waals surface area contributed by atoms with Gasteiger partial charge in [-0.2, -0.15) is 0 Å². The third kappa shape index (κ3) is 7.12. The van der Waals surface area contributed by atoms with Crippen molar-refractivity contribution in [2.75, 3.05) is 66.1 Å². The molecule has 1 aliphatic rings. The van der Waals surface area contributed by atoms with E-state index in [9.17, 15) is 9.59 Å². The summed E-state index contributed by atoms with van der Waals surface area (Å²) in [6.45, 7) is 3.99. The van der Waals surface area contributed by atoms with Crippen molar-refractivity contribution in [3.05, 3.63) is 70.1 Å². The lowest BCUT2D eigenvalue weighted by Gasteiger charge is -2.15. The highest BCUT2D eigenvalue weighted by atomic mass is 16.6. The van der Waals surface area contributed by atoms with E-state index in [1.165, 1.54) is 6.07 Å². The van der Waals surface area contributed by atoms with Gasteiger partial charge in [-0.1, -0.05) is 30.3 Å². The first-order chi connectivity index (χ1) is 17.2. The van der Waals surface area contributed by atoms with Crippen molar-refractivity contribution >= 4 is 16.8 Å². The highest BCUT2D eigenvalue weighted by molar-refractivity contribution is 6.09. The maximum Gasteiger partial charge on any atom is 0.347 e. The number of hydrogen-bond donors (Lipinski definition) is 0. The Bertz CT molecular complexity index is 1160. The van der Waals surface area contributed by atoms with Crippen LogP contribution in [-0.2, 0) is 18.9 Å². The van der Waals surface area contributed by atoms with Crippen molar-refractivity contribution in [1.82, 2.24) is 0 Å². The van der Waals surface area contributed by atoms with E-state index in [2.05, 4.69) is 0 Å². The molecule has 0 bridgehead atoms. The first-order valence-electron chi connectivity index (χ1n) is 11.5. The molecule has 0 saturated carbocycles. The van der Waals surface area contributed by atoms with Crippen molar-refractivity contribution in [3.8, 4) is 11.5 Å². The quantitative estimate of drug-likeness (QED) is 0.401. The van der Waals surface area contributed by atoms with Gasteiger partial charge < -0.3 is 32.8 Å². The van der Waals surface area contributed by atoms with Gasteiger partial charge in [0, 0.05) is 17.0 Å². The third-order valence-corrected chi connectivity index (χ3v) is 5.17. The van der Waals surface area contributed by atoms with Crippen LogP contribution < -0.4 is 15.1 Å². The second kappa shape index (κ2) is 13.0. The van der Waals surface area contributed by atoms with Gasteiger partial charge in [-0.05, 0) is 12.1 Å². The van der Waals surface area contributed by atoms with Gasteiger partial charge in [0.15, 0.2) is 17.3 Å². The van der Waals surface area contributed by atoms with Crippen LogP contribution in [0.1, 0.15) is 15.9 Å². The Balaban J connectivity index is 1.56. The summed E-state index contributed by atoms with van der Waals surface area (Å²) in [6.07, 6.45) is 0. The van der Waals surface area contributed by atoms with Crippen LogP contribution in [0.25, 0.3) is 11.0 Å². The highest BCUT2D eigenvalue weighted by Gasteiger charge is 2.18. The van der Waals surface area contributed by atoms with Crippen LogP contribution in [0.4, 0.5) is 0 Å². The molecule has 0 radical (unpaired) electrons. The maximum atomic E-state index is 12.8. The molecular weight excluding hydrogens is 456 g/mol. The lowest BCUT2D eigenvalue weighted by atomic mass is 10.0. The molecule has 1 aliphatic heterocycles. The predicted molar refractivity (Wildman–Crippen MR) is 127 cm³/mol. The van der Waals surface area contributed by atoms with Crippen LogP contribution in [0, 0.1) is 0 Å². The second-order valence-corrected chi connectivity index (χ2v) is 7.63. The third-order valence-electron chi connectivity index (χ3n) is 5.17. The predicted octanol–water partition coefficient (Wildman–Crippen LogP) is 2.86. The first kappa shape index (κ1) is 24.9. The minimum atomic E-state index is -0.716. The van der Waals surface area contributed by atoms with Crippen LogP contribution in [0.5, 0.6) is 11.5 Å². The van der Waals surface area contributed by atoms with Crippen LogP contribution in [0.3, 0.4) is 0 Å². The fraction of sp³-hybridized carbons (Fsp3) is 0.385. The average Bonchev–Trinajstić information content (AvgIpc) is 2.88. The van der Waals surface area contributed by atoms with Gasteiger partial charge in [-0.15, -0.1) is 0 Å². The molecule has 0 fully saturated rings. The fourth-order valence-electron chi connectivity index (χ4n) is 3.44. The van der Waals surface area contributed by atoms with Crippen molar-refractivity contribution in [3.63, 3.8) is 0 Å². The summed E-state index contributed by atoms with van der Waals surface area (Å²) < 4.78 is 39.2. The molecule has 35 heavy (non-hydrogen) atoms. The van der Waals surface area contributed by atoms with E-state index >= 15 is 0 Å². The van der Waals surface area contributed by atoms with Crippen LogP contribution in [0.15, 0.2) is 57.7 Å². The van der Waals surface area contributed by atoms with Gasteiger partial charge in [-0.3, -0.25) is 4.79 Å². The number of carbonyl (C=O) groups is 1. The van der Waals surface area contributed by atoms with Gasteiger partial charge in [0.25, 0.3) is 0 Å². The standard InChI is InChI=1S/C26H28O9/c27-25(19-4-2-1-3-5-19)21-16-20-17-23-24(18-22(20)35-26(21)28)34-15-13-32-11-9-30-7-6-29-8-10-31-12-14-33-23/h1-5,16-18H,6-15H2. The number of rotatable bonds is 2. The summed E-state index contributed by atoms with van der Waals surface area (Å²) in [5.74, 6) is 0.426. The van der Waals surface area contributed by atoms with Crippen LogP contribution in [-0.4, -0.2) is 71.9 Å². The van der Waals surface area contributed by atoms with Gasteiger partial charge in [0.1, 0.15) is 24.4 Å². The molecule has 9 nitrogen and oxygen atoms in total. The number of carbonyl (C=O) groups excluding carboxylic acids is 1. The Kier molecular flexibility index (Phi) is 9.24. The molecule has 2 heterocycles. The molecule has 0 aliphatic carbocycles. The minimum absolute atomic E-state index is 0.0521. The highest BCUT2D eigenvalue weighted by Crippen LogP contribution is 2.33. The number of fused-ring (bicyclic) bond motifs is 2. The molecule has 0 saturated heterocycles. The van der Waals surface area contributed by atoms with E-state index in [-0.39, 0.29) is 24.4 Å². The lowest BCUT2D eigenvalue weighted by molar-refractivity contribution is -0.00840. The summed E-state index contributed by atoms with van der Waals surface area (Å²) in [6, 6.07) is 13.4. The molecule has 3 aromatic rings. The summed E-state index contributed by atoms with van der Waals surface area (Å²) in [7, 11) is 0. The number of ether oxygens (including phenoxy) is 6. The van der Waals surface area contributed by atoms with Crippen molar-refractivity contribution < 1.29 is 37.6 Å². The van der Waals surface area contributed by atoms with Gasteiger partial charge >= 0.3 is 5.63 Å². The van der Waals surface area contributed by atoms with E-state index < -0.39 is 11.4 Å². The van der Waals surface area contributed by atoms with E-state index in [1.54, 1.807) is 42.5 Å². The zero-order valence-corrected chi connectivity index (χ0v) is 19.4. The fourth-order valence-corrected chi connectivity index (χ4v) is 3.44. The molecule has 0 unspecified atom stereocenters. The van der Waals surface area contributed by atoms with Crippen molar-refractivity contribution in [2.24, 2.45) is 0 Å². The Morgan fingerprint density at radius 1 is 0.629 bits per heavy atom. The Labute approximate surface area is 202 Å². The van der Waals surface area contributed by atoms with Gasteiger partial charge in [-0.25, -0.2) is 4.79 Å². The molecule has 186 valence electrons. The second-order valence-electron chi connectivity index (χ2n) is 7.63. The molecule has 2 aromatic carbocycles. The Hall–Kier alpha value is -3.24. The van der Waals surface area contributed by atoms with Crippen molar-refractivity contribution in [1.29, 1.82) is 0 Å². The van der Waals surface area contributed by atoms with Crippen LogP contribution >= 0.6 is 0 Å². The van der Waals surface area contributed by atoms with E-state index in [1.807, 2.05) is 0 Å². The molecule has 0 atom stereocenters. The molecule has 9 heteroatoms. The van der Waals surface area contributed by atoms with E-state index in [4.69, 9.17) is 32.8 Å². The zero-order chi connectivity index (χ0) is 24.3. The summed E-state index contributed by atoms with van der Waals surface area (Å²) in [4.78, 5) is 25.4. The average molecular weight is 485 g/mol. The van der Waals surface area contributed by atoms with Crippen molar-refractivity contribution in [2.45, 2.75) is 0 Å². The summed E-state index contributed by atoms with van der Waals surface area (Å²) >= 11 is 0. The summed E-state index contributed by atoms with van der Waals surface area (Å²) in [5.41, 5.74) is -0.0799. The van der Waals surface area contributed by atoms with Gasteiger partial charge in [0.2, 0.25) is 0 Å². The SMILES string of the molecule is O=C(c1ccccc1)c1cc2cc3c(cc2oc1=O)OCCOCCOCCOCCOCCO3. The van der Waals surface area contributed by atoms with Gasteiger partial charge in [0.05, 0.1) is 52.9 Å². The zero-order valence-electron chi connectivity index (χ0n) is 19.4. The first-order valence-corrected chi connectivity index (χ1v) is 11.5. The monoisotopic (exact) mass is 484 g/mol. The Morgan fingerprint density at radius 3 is 1.71 bits per heavy atom.